The number of benzene rings is 1. The summed E-state index contributed by atoms with van der Waals surface area (Å²) in [6.45, 7) is 1.81. The van der Waals surface area contributed by atoms with Gasteiger partial charge in [0.25, 0.3) is 5.91 Å². The van der Waals surface area contributed by atoms with Gasteiger partial charge in [-0.25, -0.2) is 0 Å². The number of hydrogen-bond acceptors (Lipinski definition) is 5. The second-order valence-corrected chi connectivity index (χ2v) is 5.73. The number of methoxy groups -OCH3 is 1. The van der Waals surface area contributed by atoms with Crippen molar-refractivity contribution in [2.24, 2.45) is 10.9 Å². The van der Waals surface area contributed by atoms with Gasteiger partial charge in [-0.15, -0.1) is 0 Å². The minimum absolute atomic E-state index is 0.435. The molecule has 6 heteroatoms. The molecule has 0 radical (unpaired) electrons. The van der Waals surface area contributed by atoms with E-state index in [0.717, 1.165) is 30.8 Å². The molecule has 2 heterocycles. The van der Waals surface area contributed by atoms with Crippen molar-refractivity contribution in [3.8, 4) is 0 Å². The van der Waals surface area contributed by atoms with Gasteiger partial charge in [-0.05, 0) is 30.5 Å². The number of nitrogens with zero attached hydrogens (tertiary/aromatic N) is 2. The molecule has 1 aromatic rings. The maximum Gasteiger partial charge on any atom is 0.261 e. The fourth-order valence-electron chi connectivity index (χ4n) is 3.09. The highest BCUT2D eigenvalue weighted by Crippen LogP contribution is 2.27. The molecule has 1 saturated heterocycles. The summed E-state index contributed by atoms with van der Waals surface area (Å²) in [4.78, 5) is 18.5. The van der Waals surface area contributed by atoms with Crippen molar-refractivity contribution < 1.29 is 14.4 Å². The maximum absolute atomic E-state index is 11.1. The first kappa shape index (κ1) is 14.8. The number of ether oxygens (including phenoxy) is 1. The Morgan fingerprint density at radius 2 is 2.23 bits per heavy atom. The molecule has 2 unspecified atom stereocenters. The molecule has 0 bridgehead atoms. The van der Waals surface area contributed by atoms with E-state index in [9.17, 15) is 4.79 Å². The Morgan fingerprint density at radius 1 is 1.45 bits per heavy atom. The molecule has 1 amide bonds. The van der Waals surface area contributed by atoms with Crippen LogP contribution in [0.4, 0.5) is 5.69 Å². The molecular formula is C16H21N3O3. The van der Waals surface area contributed by atoms with Gasteiger partial charge in [0.15, 0.2) is 0 Å². The average molecular weight is 303 g/mol. The van der Waals surface area contributed by atoms with Gasteiger partial charge < -0.3 is 20.2 Å². The zero-order valence-electron chi connectivity index (χ0n) is 12.7. The summed E-state index contributed by atoms with van der Waals surface area (Å²) in [6, 6.07) is 8.65. The van der Waals surface area contributed by atoms with Crippen molar-refractivity contribution >= 4 is 17.3 Å². The molecule has 0 spiro atoms. The van der Waals surface area contributed by atoms with E-state index in [0.29, 0.717) is 12.5 Å². The molecule has 1 aromatic carbocycles. The van der Waals surface area contributed by atoms with Crippen molar-refractivity contribution in [2.75, 3.05) is 25.2 Å². The van der Waals surface area contributed by atoms with Crippen LogP contribution in [-0.2, 0) is 14.4 Å². The molecule has 6 nitrogen and oxygen atoms in total. The standard InChI is InChI=1S/C16H21N3O3/c1-21-10-13-3-2-8-19(13)12-6-4-11(5-7-12)14-9-15(16(17)20)22-18-14/h4-7,13,15H,2-3,8-10H2,1H3,(H2,17,20). The van der Waals surface area contributed by atoms with E-state index >= 15 is 0 Å². The number of anilines is 1. The number of oxime groups is 1. The molecule has 1 fully saturated rings. The van der Waals surface area contributed by atoms with Gasteiger partial charge >= 0.3 is 0 Å². The van der Waals surface area contributed by atoms with E-state index in [2.05, 4.69) is 22.2 Å². The molecule has 118 valence electrons. The van der Waals surface area contributed by atoms with E-state index in [1.165, 1.54) is 12.1 Å². The summed E-state index contributed by atoms with van der Waals surface area (Å²) in [5.74, 6) is -0.477. The minimum atomic E-state index is -0.639. The topological polar surface area (TPSA) is 77.2 Å². The van der Waals surface area contributed by atoms with Crippen molar-refractivity contribution in [1.82, 2.24) is 0 Å². The second-order valence-electron chi connectivity index (χ2n) is 5.73. The third-order valence-corrected chi connectivity index (χ3v) is 4.25. The molecule has 2 N–H and O–H groups in total. The molecule has 3 rings (SSSR count). The zero-order valence-corrected chi connectivity index (χ0v) is 12.7. The molecule has 0 saturated carbocycles. The van der Waals surface area contributed by atoms with Gasteiger partial charge in [-0.3, -0.25) is 4.79 Å². The fourth-order valence-corrected chi connectivity index (χ4v) is 3.09. The van der Waals surface area contributed by atoms with Crippen LogP contribution >= 0.6 is 0 Å². The van der Waals surface area contributed by atoms with Crippen LogP contribution in [0.3, 0.4) is 0 Å². The summed E-state index contributed by atoms with van der Waals surface area (Å²) in [5.41, 5.74) is 8.16. The smallest absolute Gasteiger partial charge is 0.261 e. The van der Waals surface area contributed by atoms with Crippen LogP contribution in [0, 0.1) is 0 Å². The zero-order chi connectivity index (χ0) is 15.5. The molecule has 22 heavy (non-hydrogen) atoms. The normalized spacial score (nSPS) is 24.2. The predicted octanol–water partition coefficient (Wildman–Crippen LogP) is 1.28. The average Bonchev–Trinajstić information content (AvgIpc) is 3.17. The van der Waals surface area contributed by atoms with Crippen molar-refractivity contribution in [3.63, 3.8) is 0 Å². The first-order valence-electron chi connectivity index (χ1n) is 7.57. The number of amides is 1. The maximum atomic E-state index is 11.1. The summed E-state index contributed by atoms with van der Waals surface area (Å²) < 4.78 is 5.30. The number of carbonyl (C=O) groups excluding carboxylic acids is 1. The van der Waals surface area contributed by atoms with Crippen molar-refractivity contribution in [1.29, 1.82) is 0 Å². The van der Waals surface area contributed by atoms with Gasteiger partial charge in [0.05, 0.1) is 18.4 Å². The first-order chi connectivity index (χ1) is 10.7. The van der Waals surface area contributed by atoms with E-state index in [1.54, 1.807) is 7.11 Å². The Kier molecular flexibility index (Phi) is 4.29. The van der Waals surface area contributed by atoms with Gasteiger partial charge in [-0.2, -0.15) is 0 Å². The molecule has 2 aliphatic rings. The lowest BCUT2D eigenvalue weighted by Gasteiger charge is -2.26. The lowest BCUT2D eigenvalue weighted by atomic mass is 10.0. The minimum Gasteiger partial charge on any atom is -0.383 e. The van der Waals surface area contributed by atoms with Gasteiger partial charge in [0.2, 0.25) is 6.10 Å². The molecule has 2 atom stereocenters. The van der Waals surface area contributed by atoms with Crippen LogP contribution in [-0.4, -0.2) is 44.0 Å². The highest BCUT2D eigenvalue weighted by Gasteiger charge is 2.27. The van der Waals surface area contributed by atoms with E-state index < -0.39 is 12.0 Å². The van der Waals surface area contributed by atoms with E-state index in [-0.39, 0.29) is 0 Å². The Hall–Kier alpha value is -2.08. The predicted molar refractivity (Wildman–Crippen MR) is 83.9 cm³/mol. The number of rotatable bonds is 5. The monoisotopic (exact) mass is 303 g/mol. The van der Waals surface area contributed by atoms with Crippen LogP contribution in [0.2, 0.25) is 0 Å². The van der Waals surface area contributed by atoms with E-state index in [1.807, 2.05) is 12.1 Å². The summed E-state index contributed by atoms with van der Waals surface area (Å²) in [5, 5.41) is 3.96. The van der Waals surface area contributed by atoms with Gasteiger partial charge in [0, 0.05) is 25.8 Å². The summed E-state index contributed by atoms with van der Waals surface area (Å²) in [6.07, 6.45) is 2.15. The lowest BCUT2D eigenvalue weighted by molar-refractivity contribution is -0.127. The highest BCUT2D eigenvalue weighted by atomic mass is 16.6. The highest BCUT2D eigenvalue weighted by molar-refractivity contribution is 6.04. The quantitative estimate of drug-likeness (QED) is 0.889. The van der Waals surface area contributed by atoms with Crippen LogP contribution in [0.1, 0.15) is 24.8 Å². The van der Waals surface area contributed by atoms with Gasteiger partial charge in [0.1, 0.15) is 0 Å². The third kappa shape index (κ3) is 2.92. The van der Waals surface area contributed by atoms with Gasteiger partial charge in [-0.1, -0.05) is 17.3 Å². The largest absolute Gasteiger partial charge is 0.383 e. The Balaban J connectivity index is 1.70. The third-order valence-electron chi connectivity index (χ3n) is 4.25. The number of carbonyl (C=O) groups is 1. The number of nitrogens with two attached hydrogens (primary N) is 1. The number of hydrogen-bond donors (Lipinski definition) is 1. The first-order valence-corrected chi connectivity index (χ1v) is 7.57. The molecule has 0 aromatic heterocycles. The Labute approximate surface area is 129 Å². The Morgan fingerprint density at radius 3 is 2.86 bits per heavy atom. The lowest BCUT2D eigenvalue weighted by Crippen LogP contribution is -2.32. The van der Waals surface area contributed by atoms with Crippen LogP contribution < -0.4 is 10.6 Å². The number of primary amides is 1. The van der Waals surface area contributed by atoms with Crippen LogP contribution in [0.25, 0.3) is 0 Å². The van der Waals surface area contributed by atoms with E-state index in [4.69, 9.17) is 15.3 Å². The summed E-state index contributed by atoms with van der Waals surface area (Å²) in [7, 11) is 1.74. The molecule has 0 aliphatic carbocycles. The summed E-state index contributed by atoms with van der Waals surface area (Å²) >= 11 is 0. The Bertz CT molecular complexity index is 571. The molecular weight excluding hydrogens is 282 g/mol. The molecule has 2 aliphatic heterocycles. The second kappa shape index (κ2) is 6.36. The van der Waals surface area contributed by atoms with Crippen molar-refractivity contribution in [2.45, 2.75) is 31.4 Å². The van der Waals surface area contributed by atoms with Crippen LogP contribution in [0.5, 0.6) is 0 Å². The fraction of sp³-hybridized carbons (Fsp3) is 0.500. The van der Waals surface area contributed by atoms with Crippen molar-refractivity contribution in [3.05, 3.63) is 29.8 Å². The SMILES string of the molecule is COCC1CCCN1c1ccc(C2=NOC(C(N)=O)C2)cc1. The van der Waals surface area contributed by atoms with Crippen LogP contribution in [0.15, 0.2) is 29.4 Å².